The van der Waals surface area contributed by atoms with Crippen molar-refractivity contribution in [2.24, 2.45) is 4.99 Å². The molecule has 0 fully saturated rings. The van der Waals surface area contributed by atoms with Gasteiger partial charge in [0.15, 0.2) is 5.82 Å². The third-order valence-electron chi connectivity index (χ3n) is 0.922. The molecule has 4 heteroatoms. The summed E-state index contributed by atoms with van der Waals surface area (Å²) in [6.07, 6.45) is 1.63. The van der Waals surface area contributed by atoms with Crippen LogP contribution in [0.1, 0.15) is 5.82 Å². The summed E-state index contributed by atoms with van der Waals surface area (Å²) in [4.78, 5) is 11.5. The molecule has 0 unspecified atom stereocenters. The average molecular weight is 151 g/mol. The van der Waals surface area contributed by atoms with Crippen LogP contribution in [0.25, 0.3) is 0 Å². The van der Waals surface area contributed by atoms with Crippen molar-refractivity contribution >= 4 is 23.2 Å². The second-order valence-electron chi connectivity index (χ2n) is 1.67. The molecule has 0 radical (unpaired) electrons. The molecule has 1 rings (SSSR count). The normalized spacial score (nSPS) is 8.50. The van der Waals surface area contributed by atoms with Gasteiger partial charge < -0.3 is 0 Å². The number of isothiocyanates is 1. The highest BCUT2D eigenvalue weighted by Gasteiger charge is 1.88. The topological polar surface area (TPSA) is 38.1 Å². The number of hydrogen-bond donors (Lipinski definition) is 0. The first-order valence-electron chi connectivity index (χ1n) is 2.70. The van der Waals surface area contributed by atoms with Crippen molar-refractivity contribution < 1.29 is 0 Å². The van der Waals surface area contributed by atoms with Gasteiger partial charge in [-0.15, -0.1) is 0 Å². The van der Waals surface area contributed by atoms with Crippen LogP contribution in [-0.2, 0) is 0 Å². The van der Waals surface area contributed by atoms with E-state index in [1.165, 1.54) is 0 Å². The highest BCUT2D eigenvalue weighted by molar-refractivity contribution is 7.78. The van der Waals surface area contributed by atoms with Gasteiger partial charge in [0.05, 0.1) is 5.16 Å². The number of aryl methyl sites for hydroxylation is 1. The van der Waals surface area contributed by atoms with Gasteiger partial charge in [0.25, 0.3) is 0 Å². The Kier molecular flexibility index (Phi) is 2.20. The maximum absolute atomic E-state index is 4.40. The molecular weight excluding hydrogens is 146 g/mol. The number of aliphatic imine (C=N–C) groups is 1. The molecule has 0 saturated heterocycles. The average Bonchev–Trinajstić information content (AvgIpc) is 1.88. The van der Waals surface area contributed by atoms with Crippen molar-refractivity contribution in [2.75, 3.05) is 0 Å². The second kappa shape index (κ2) is 3.15. The van der Waals surface area contributed by atoms with Crippen LogP contribution in [0.2, 0.25) is 0 Å². The van der Waals surface area contributed by atoms with E-state index < -0.39 is 0 Å². The van der Waals surface area contributed by atoms with Gasteiger partial charge in [-0.05, 0) is 19.1 Å². The Morgan fingerprint density at radius 2 is 2.50 bits per heavy atom. The Balaban J connectivity index is 3.06. The number of thiocarbonyl (C=S) groups is 1. The van der Waals surface area contributed by atoms with Gasteiger partial charge in [0.2, 0.25) is 0 Å². The lowest BCUT2D eigenvalue weighted by Gasteiger charge is -1.89. The monoisotopic (exact) mass is 151 g/mol. The van der Waals surface area contributed by atoms with Crippen molar-refractivity contribution in [3.05, 3.63) is 18.1 Å². The second-order valence-corrected chi connectivity index (χ2v) is 1.85. The highest BCUT2D eigenvalue weighted by Crippen LogP contribution is 2.03. The number of rotatable bonds is 1. The molecule has 3 nitrogen and oxygen atoms in total. The Morgan fingerprint density at radius 3 is 3.10 bits per heavy atom. The van der Waals surface area contributed by atoms with E-state index in [0.717, 1.165) is 0 Å². The van der Waals surface area contributed by atoms with Crippen LogP contribution >= 0.6 is 12.2 Å². The SMILES string of the molecule is Cc1nccc(N=C=S)n1. The van der Waals surface area contributed by atoms with E-state index in [0.29, 0.717) is 11.6 Å². The summed E-state index contributed by atoms with van der Waals surface area (Å²) in [6.45, 7) is 1.79. The molecule has 10 heavy (non-hydrogen) atoms. The largest absolute Gasteiger partial charge is 0.242 e. The van der Waals surface area contributed by atoms with Crippen molar-refractivity contribution in [3.8, 4) is 0 Å². The summed E-state index contributed by atoms with van der Waals surface area (Å²) in [6, 6.07) is 1.67. The molecule has 1 aromatic heterocycles. The van der Waals surface area contributed by atoms with Crippen LogP contribution in [0.15, 0.2) is 17.3 Å². The van der Waals surface area contributed by atoms with E-state index in [1.54, 1.807) is 19.2 Å². The molecule has 0 atom stereocenters. The van der Waals surface area contributed by atoms with Crippen molar-refractivity contribution in [3.63, 3.8) is 0 Å². The standard InChI is InChI=1S/C6H5N3S/c1-5-7-3-2-6(9-5)8-4-10/h2-3H,1H3. The van der Waals surface area contributed by atoms with Crippen LogP contribution in [0.4, 0.5) is 5.82 Å². The molecule has 1 heterocycles. The molecule has 0 saturated carbocycles. The zero-order valence-corrected chi connectivity index (χ0v) is 6.22. The summed E-state index contributed by atoms with van der Waals surface area (Å²) < 4.78 is 0. The van der Waals surface area contributed by atoms with Crippen molar-refractivity contribution in [2.45, 2.75) is 6.92 Å². The first-order valence-corrected chi connectivity index (χ1v) is 3.11. The first kappa shape index (κ1) is 6.99. The summed E-state index contributed by atoms with van der Waals surface area (Å²) in [5.41, 5.74) is 0. The molecule has 0 spiro atoms. The Labute approximate surface area is 63.9 Å². The molecule has 0 N–H and O–H groups in total. The number of aromatic nitrogens is 2. The van der Waals surface area contributed by atoms with Crippen LogP contribution in [0, 0.1) is 6.92 Å². The molecule has 0 aliphatic carbocycles. The van der Waals surface area contributed by atoms with Crippen molar-refractivity contribution in [1.82, 2.24) is 9.97 Å². The molecule has 1 aromatic rings. The lowest BCUT2D eigenvalue weighted by atomic mass is 10.5. The summed E-state index contributed by atoms with van der Waals surface area (Å²) in [5.74, 6) is 1.24. The zero-order valence-electron chi connectivity index (χ0n) is 5.40. The predicted molar refractivity (Wildman–Crippen MR) is 41.5 cm³/mol. The smallest absolute Gasteiger partial charge is 0.166 e. The zero-order chi connectivity index (χ0) is 7.40. The molecule has 0 aliphatic rings. The Bertz CT molecular complexity index is 278. The van der Waals surface area contributed by atoms with Crippen LogP contribution < -0.4 is 0 Å². The van der Waals surface area contributed by atoms with Gasteiger partial charge in [-0.25, -0.2) is 9.97 Å². The molecule has 0 amide bonds. The van der Waals surface area contributed by atoms with E-state index in [9.17, 15) is 0 Å². The van der Waals surface area contributed by atoms with Gasteiger partial charge >= 0.3 is 0 Å². The van der Waals surface area contributed by atoms with E-state index in [1.807, 2.05) is 0 Å². The molecular formula is C6H5N3S. The highest BCUT2D eigenvalue weighted by atomic mass is 32.1. The summed E-state index contributed by atoms with van der Waals surface area (Å²) in [5, 5.41) is 2.23. The fourth-order valence-electron chi connectivity index (χ4n) is 0.553. The summed E-state index contributed by atoms with van der Waals surface area (Å²) >= 11 is 4.40. The van der Waals surface area contributed by atoms with Crippen molar-refractivity contribution in [1.29, 1.82) is 0 Å². The van der Waals surface area contributed by atoms with Gasteiger partial charge in [0, 0.05) is 12.3 Å². The molecule has 0 bridgehead atoms. The minimum absolute atomic E-state index is 0.558. The third kappa shape index (κ3) is 1.69. The van der Waals surface area contributed by atoms with E-state index in [4.69, 9.17) is 0 Å². The Morgan fingerprint density at radius 1 is 1.70 bits per heavy atom. The molecule has 50 valence electrons. The lowest BCUT2D eigenvalue weighted by Crippen LogP contribution is -1.83. The lowest BCUT2D eigenvalue weighted by molar-refractivity contribution is 1.05. The fourth-order valence-corrected chi connectivity index (χ4v) is 0.646. The van der Waals surface area contributed by atoms with Gasteiger partial charge in [-0.3, -0.25) is 0 Å². The quantitative estimate of drug-likeness (QED) is 0.451. The van der Waals surface area contributed by atoms with Gasteiger partial charge in [0.1, 0.15) is 5.82 Å². The van der Waals surface area contributed by atoms with E-state index in [-0.39, 0.29) is 0 Å². The van der Waals surface area contributed by atoms with Crippen LogP contribution in [-0.4, -0.2) is 15.1 Å². The minimum Gasteiger partial charge on any atom is -0.242 e. The van der Waals surface area contributed by atoms with Crippen LogP contribution in [0.5, 0.6) is 0 Å². The Hall–Kier alpha value is -1.12. The fraction of sp³-hybridized carbons (Fsp3) is 0.167. The number of nitrogens with zero attached hydrogens (tertiary/aromatic N) is 3. The van der Waals surface area contributed by atoms with Gasteiger partial charge in [-0.2, -0.15) is 4.99 Å². The third-order valence-corrected chi connectivity index (χ3v) is 1.01. The maximum atomic E-state index is 4.40. The molecule has 0 aliphatic heterocycles. The summed E-state index contributed by atoms with van der Waals surface area (Å²) in [7, 11) is 0. The van der Waals surface area contributed by atoms with E-state index in [2.05, 4.69) is 32.3 Å². The van der Waals surface area contributed by atoms with Gasteiger partial charge in [-0.1, -0.05) is 0 Å². The first-order chi connectivity index (χ1) is 4.83. The minimum atomic E-state index is 0.558. The predicted octanol–water partition coefficient (Wildman–Crippen LogP) is 1.52. The maximum Gasteiger partial charge on any atom is 0.166 e. The van der Waals surface area contributed by atoms with E-state index >= 15 is 0 Å². The number of hydrogen-bond acceptors (Lipinski definition) is 4. The van der Waals surface area contributed by atoms with Crippen LogP contribution in [0.3, 0.4) is 0 Å². The molecule has 0 aromatic carbocycles.